The molecule has 0 unspecified atom stereocenters. The minimum atomic E-state index is 0.0825. The van der Waals surface area contributed by atoms with Gasteiger partial charge in [0.25, 0.3) is 5.56 Å². The van der Waals surface area contributed by atoms with Gasteiger partial charge in [0, 0.05) is 56.8 Å². The molecule has 3 heterocycles. The third-order valence-corrected chi connectivity index (χ3v) is 6.15. The highest BCUT2D eigenvalue weighted by Crippen LogP contribution is 2.31. The fourth-order valence-electron chi connectivity index (χ4n) is 4.11. The lowest BCUT2D eigenvalue weighted by atomic mass is 10.0. The van der Waals surface area contributed by atoms with Crippen LogP contribution in [0.15, 0.2) is 29.1 Å². The molecule has 1 saturated carbocycles. The Balaban J connectivity index is 1.48. The molecule has 2 aliphatic heterocycles. The molecule has 3 aliphatic rings. The first-order valence-electron chi connectivity index (χ1n) is 10.4. The first kappa shape index (κ1) is 17.9. The quantitative estimate of drug-likeness (QED) is 0.794. The summed E-state index contributed by atoms with van der Waals surface area (Å²) >= 11 is 0. The van der Waals surface area contributed by atoms with Crippen molar-refractivity contribution in [3.63, 3.8) is 0 Å². The van der Waals surface area contributed by atoms with Crippen LogP contribution in [0.5, 0.6) is 5.75 Å². The van der Waals surface area contributed by atoms with Crippen LogP contribution in [0.3, 0.4) is 0 Å². The van der Waals surface area contributed by atoms with E-state index in [1.165, 1.54) is 18.4 Å². The summed E-state index contributed by atoms with van der Waals surface area (Å²) < 4.78 is 7.36. The molecular weight excluding hydrogens is 352 g/mol. The minimum Gasteiger partial charge on any atom is -0.493 e. The van der Waals surface area contributed by atoms with Crippen LogP contribution in [-0.4, -0.2) is 59.4 Å². The summed E-state index contributed by atoms with van der Waals surface area (Å²) in [5, 5.41) is 4.75. The van der Waals surface area contributed by atoms with Gasteiger partial charge in [0.1, 0.15) is 5.75 Å². The minimum absolute atomic E-state index is 0.0825. The first-order chi connectivity index (χ1) is 13.7. The Labute approximate surface area is 165 Å². The number of hydrogen-bond donors (Lipinski definition) is 0. The van der Waals surface area contributed by atoms with Crippen LogP contribution >= 0.6 is 0 Å². The van der Waals surface area contributed by atoms with Crippen molar-refractivity contribution in [2.24, 2.45) is 5.92 Å². The molecule has 0 N–H and O–H groups in total. The second-order valence-electron chi connectivity index (χ2n) is 8.49. The van der Waals surface area contributed by atoms with Gasteiger partial charge in [-0.05, 0) is 55.6 Å². The van der Waals surface area contributed by atoms with Crippen LogP contribution in [0.1, 0.15) is 24.0 Å². The fourth-order valence-corrected chi connectivity index (χ4v) is 4.11. The molecule has 0 bridgehead atoms. The van der Waals surface area contributed by atoms with Gasteiger partial charge < -0.3 is 9.64 Å². The molecular formula is C22H28N4O2. The highest BCUT2D eigenvalue weighted by Gasteiger charge is 2.25. The largest absolute Gasteiger partial charge is 0.493 e. The first-order valence-corrected chi connectivity index (χ1v) is 10.4. The Morgan fingerprint density at radius 1 is 1.14 bits per heavy atom. The molecule has 0 atom stereocenters. The monoisotopic (exact) mass is 380 g/mol. The van der Waals surface area contributed by atoms with Crippen molar-refractivity contribution in [1.29, 1.82) is 0 Å². The van der Waals surface area contributed by atoms with E-state index in [1.807, 2.05) is 12.1 Å². The lowest BCUT2D eigenvalue weighted by Crippen LogP contribution is -2.45. The molecule has 0 radical (unpaired) electrons. The predicted octanol–water partition coefficient (Wildman–Crippen LogP) is 2.00. The Bertz CT molecular complexity index is 927. The van der Waals surface area contributed by atoms with Gasteiger partial charge in [0.15, 0.2) is 0 Å². The van der Waals surface area contributed by atoms with E-state index < -0.39 is 0 Å². The maximum atomic E-state index is 13.1. The summed E-state index contributed by atoms with van der Waals surface area (Å²) in [4.78, 5) is 17.8. The maximum Gasteiger partial charge on any atom is 0.271 e. The third-order valence-electron chi connectivity index (χ3n) is 6.15. The zero-order chi connectivity index (χ0) is 19.1. The Morgan fingerprint density at radius 2 is 1.96 bits per heavy atom. The number of benzene rings is 1. The van der Waals surface area contributed by atoms with Crippen molar-refractivity contribution in [1.82, 2.24) is 19.6 Å². The van der Waals surface area contributed by atoms with E-state index in [1.54, 1.807) is 4.68 Å². The van der Waals surface area contributed by atoms with Gasteiger partial charge in [0.05, 0.1) is 12.3 Å². The highest BCUT2D eigenvalue weighted by molar-refractivity contribution is 5.62. The molecule has 2 fully saturated rings. The molecule has 0 spiro atoms. The van der Waals surface area contributed by atoms with Gasteiger partial charge in [-0.2, -0.15) is 5.10 Å². The summed E-state index contributed by atoms with van der Waals surface area (Å²) in [5.41, 5.74) is 4.17. The number of aromatic nitrogens is 2. The van der Waals surface area contributed by atoms with E-state index in [0.29, 0.717) is 12.5 Å². The Hall–Kier alpha value is -2.18. The third kappa shape index (κ3) is 3.71. The van der Waals surface area contributed by atoms with Crippen molar-refractivity contribution in [3.05, 3.63) is 45.7 Å². The maximum absolute atomic E-state index is 13.1. The Kier molecular flexibility index (Phi) is 4.69. The number of piperazine rings is 1. The molecule has 1 aromatic carbocycles. The summed E-state index contributed by atoms with van der Waals surface area (Å²) in [6.45, 7) is 6.33. The van der Waals surface area contributed by atoms with E-state index in [-0.39, 0.29) is 5.56 Å². The molecule has 1 saturated heterocycles. The summed E-state index contributed by atoms with van der Waals surface area (Å²) in [5.74, 6) is 1.60. The van der Waals surface area contributed by atoms with Crippen LogP contribution in [0.25, 0.3) is 11.3 Å². The second-order valence-corrected chi connectivity index (χ2v) is 8.49. The smallest absolute Gasteiger partial charge is 0.271 e. The lowest BCUT2D eigenvalue weighted by molar-refractivity contribution is 0.147. The van der Waals surface area contributed by atoms with Crippen LogP contribution in [-0.2, 0) is 19.5 Å². The van der Waals surface area contributed by atoms with Gasteiger partial charge in [-0.1, -0.05) is 0 Å². The number of ether oxygens (including phenoxy) is 1. The van der Waals surface area contributed by atoms with E-state index in [9.17, 15) is 4.79 Å². The van der Waals surface area contributed by atoms with Crippen molar-refractivity contribution >= 4 is 0 Å². The van der Waals surface area contributed by atoms with Gasteiger partial charge in [0.2, 0.25) is 0 Å². The van der Waals surface area contributed by atoms with Gasteiger partial charge >= 0.3 is 0 Å². The topological polar surface area (TPSA) is 50.6 Å². The molecule has 1 aromatic heterocycles. The zero-order valence-corrected chi connectivity index (χ0v) is 16.6. The van der Waals surface area contributed by atoms with E-state index in [4.69, 9.17) is 9.84 Å². The zero-order valence-electron chi connectivity index (χ0n) is 16.6. The molecule has 28 heavy (non-hydrogen) atoms. The summed E-state index contributed by atoms with van der Waals surface area (Å²) in [6, 6.07) is 8.30. The average Bonchev–Trinajstić information content (AvgIpc) is 3.39. The van der Waals surface area contributed by atoms with E-state index >= 15 is 0 Å². The van der Waals surface area contributed by atoms with Gasteiger partial charge in [-0.3, -0.25) is 9.69 Å². The van der Waals surface area contributed by atoms with Crippen LogP contribution < -0.4 is 10.3 Å². The van der Waals surface area contributed by atoms with Crippen molar-refractivity contribution in [2.75, 3.05) is 39.8 Å². The number of hydrogen-bond acceptors (Lipinski definition) is 5. The molecule has 5 rings (SSSR count). The van der Waals surface area contributed by atoms with Crippen LogP contribution in [0.2, 0.25) is 0 Å². The second kappa shape index (κ2) is 7.33. The van der Waals surface area contributed by atoms with Crippen LogP contribution in [0, 0.1) is 5.92 Å². The van der Waals surface area contributed by atoms with E-state index in [0.717, 1.165) is 68.3 Å². The number of nitrogens with zero attached hydrogens (tertiary/aromatic N) is 4. The molecule has 6 nitrogen and oxygen atoms in total. The molecule has 1 aliphatic carbocycles. The summed E-state index contributed by atoms with van der Waals surface area (Å²) in [6.07, 6.45) is 3.36. The lowest BCUT2D eigenvalue weighted by Gasteiger charge is -2.32. The SMILES string of the molecule is CN1CCN(Cc2cc(-c3ccc4c(c3)CCO4)nn(CC3CC3)c2=O)CC1. The molecule has 6 heteroatoms. The average molecular weight is 380 g/mol. The molecule has 2 aromatic rings. The standard InChI is InChI=1S/C22H28N4O2/c1-24-7-9-25(10-8-24)15-19-13-20(23-26(22(19)27)14-16-2-3-16)17-4-5-21-18(12-17)6-11-28-21/h4-5,12-13,16H,2-3,6-11,14-15H2,1H3. The van der Waals surface area contributed by atoms with Crippen molar-refractivity contribution in [3.8, 4) is 17.0 Å². The number of likely N-dealkylation sites (N-methyl/N-ethyl adjacent to an activating group) is 1. The molecule has 0 amide bonds. The Morgan fingerprint density at radius 3 is 2.75 bits per heavy atom. The highest BCUT2D eigenvalue weighted by atomic mass is 16.5. The number of fused-ring (bicyclic) bond motifs is 1. The van der Waals surface area contributed by atoms with Crippen molar-refractivity contribution in [2.45, 2.75) is 32.4 Å². The normalized spacial score (nSPS) is 20.2. The van der Waals surface area contributed by atoms with Crippen molar-refractivity contribution < 1.29 is 4.74 Å². The van der Waals surface area contributed by atoms with Gasteiger partial charge in [-0.15, -0.1) is 0 Å². The fraction of sp³-hybridized carbons (Fsp3) is 0.545. The van der Waals surface area contributed by atoms with Crippen LogP contribution in [0.4, 0.5) is 0 Å². The van der Waals surface area contributed by atoms with E-state index in [2.05, 4.69) is 29.0 Å². The number of rotatable bonds is 5. The molecule has 148 valence electrons. The predicted molar refractivity (Wildman–Crippen MR) is 109 cm³/mol. The summed E-state index contributed by atoms with van der Waals surface area (Å²) in [7, 11) is 2.15. The van der Waals surface area contributed by atoms with Gasteiger partial charge in [-0.25, -0.2) is 4.68 Å².